The fraction of sp³-hybridized carbons (Fsp3) is 0.500. The van der Waals surface area contributed by atoms with E-state index in [4.69, 9.17) is 14.6 Å². The summed E-state index contributed by atoms with van der Waals surface area (Å²) in [4.78, 5) is 39.4. The standard InChI is InChI=1S/C18H22N2O6/c1-25-13-3-4-14(15(8-13)26-2)20-10-12(7-16(20)21)17(22)19-6-5-11(9-19)18(23)24/h3-4,8,11-12H,5-7,9-10H2,1-2H3,(H,23,24)/t11-,12+/m1/s1. The first-order valence-electron chi connectivity index (χ1n) is 8.48. The largest absolute Gasteiger partial charge is 0.497 e. The number of likely N-dealkylation sites (tertiary alicyclic amines) is 1. The number of anilines is 1. The van der Waals surface area contributed by atoms with Crippen LogP contribution in [-0.4, -0.2) is 61.6 Å². The van der Waals surface area contributed by atoms with Crippen molar-refractivity contribution in [2.75, 3.05) is 38.8 Å². The van der Waals surface area contributed by atoms with Gasteiger partial charge in [0.1, 0.15) is 11.5 Å². The number of carboxylic acid groups (broad SMARTS) is 1. The third-order valence-corrected chi connectivity index (χ3v) is 5.00. The van der Waals surface area contributed by atoms with Gasteiger partial charge in [0.2, 0.25) is 11.8 Å². The molecule has 0 aliphatic carbocycles. The maximum atomic E-state index is 12.7. The third kappa shape index (κ3) is 3.31. The first-order valence-corrected chi connectivity index (χ1v) is 8.48. The zero-order valence-corrected chi connectivity index (χ0v) is 14.8. The number of carbonyl (C=O) groups excluding carboxylic acids is 2. The van der Waals surface area contributed by atoms with E-state index in [0.29, 0.717) is 30.2 Å². The topological polar surface area (TPSA) is 96.4 Å². The molecular weight excluding hydrogens is 340 g/mol. The number of nitrogens with zero attached hydrogens (tertiary/aromatic N) is 2. The predicted molar refractivity (Wildman–Crippen MR) is 92.3 cm³/mol. The lowest BCUT2D eigenvalue weighted by molar-refractivity contribution is -0.141. The quantitative estimate of drug-likeness (QED) is 0.839. The zero-order chi connectivity index (χ0) is 18.8. The Bertz CT molecular complexity index is 734. The van der Waals surface area contributed by atoms with Gasteiger partial charge in [-0.15, -0.1) is 0 Å². The van der Waals surface area contributed by atoms with Gasteiger partial charge in [0.15, 0.2) is 0 Å². The fourth-order valence-corrected chi connectivity index (χ4v) is 3.53. The summed E-state index contributed by atoms with van der Waals surface area (Å²) in [6, 6.07) is 5.16. The van der Waals surface area contributed by atoms with Gasteiger partial charge < -0.3 is 24.4 Å². The normalized spacial score (nSPS) is 22.6. The number of methoxy groups -OCH3 is 2. The molecule has 0 unspecified atom stereocenters. The van der Waals surface area contributed by atoms with Crippen LogP contribution >= 0.6 is 0 Å². The first kappa shape index (κ1) is 18.0. The molecule has 0 aromatic heterocycles. The molecular formula is C18H22N2O6. The van der Waals surface area contributed by atoms with Crippen molar-refractivity contribution in [3.63, 3.8) is 0 Å². The summed E-state index contributed by atoms with van der Waals surface area (Å²) in [5.41, 5.74) is 0.596. The van der Waals surface area contributed by atoms with Crippen molar-refractivity contribution in [3.05, 3.63) is 18.2 Å². The summed E-state index contributed by atoms with van der Waals surface area (Å²) in [5.74, 6) is -1.07. The fourth-order valence-electron chi connectivity index (χ4n) is 3.53. The molecule has 140 valence electrons. The lowest BCUT2D eigenvalue weighted by Crippen LogP contribution is -2.36. The van der Waals surface area contributed by atoms with Gasteiger partial charge in [0.05, 0.1) is 31.7 Å². The Morgan fingerprint density at radius 1 is 1.15 bits per heavy atom. The van der Waals surface area contributed by atoms with Crippen molar-refractivity contribution < 1.29 is 29.0 Å². The number of ether oxygens (including phenoxy) is 2. The lowest BCUT2D eigenvalue weighted by Gasteiger charge is -2.22. The molecule has 2 saturated heterocycles. The lowest BCUT2D eigenvalue weighted by atomic mass is 10.1. The Labute approximate surface area is 151 Å². The molecule has 1 aromatic rings. The Morgan fingerprint density at radius 3 is 2.54 bits per heavy atom. The summed E-state index contributed by atoms with van der Waals surface area (Å²) >= 11 is 0. The van der Waals surface area contributed by atoms with Crippen LogP contribution in [0.4, 0.5) is 5.69 Å². The highest BCUT2D eigenvalue weighted by Gasteiger charge is 2.40. The van der Waals surface area contributed by atoms with Crippen molar-refractivity contribution in [1.29, 1.82) is 0 Å². The SMILES string of the molecule is COc1ccc(N2C[C@@H](C(=O)N3CC[C@@H](C(=O)O)C3)CC2=O)c(OC)c1. The van der Waals surface area contributed by atoms with Crippen molar-refractivity contribution >= 4 is 23.5 Å². The average molecular weight is 362 g/mol. The smallest absolute Gasteiger partial charge is 0.308 e. The van der Waals surface area contributed by atoms with Crippen molar-refractivity contribution in [3.8, 4) is 11.5 Å². The van der Waals surface area contributed by atoms with Crippen LogP contribution in [0.3, 0.4) is 0 Å². The Kier molecular flexibility index (Phi) is 5.01. The van der Waals surface area contributed by atoms with Gasteiger partial charge >= 0.3 is 5.97 Å². The average Bonchev–Trinajstić information content (AvgIpc) is 3.27. The molecule has 2 aliphatic rings. The van der Waals surface area contributed by atoms with E-state index in [1.54, 1.807) is 35.1 Å². The first-order chi connectivity index (χ1) is 12.4. The number of hydrogen-bond acceptors (Lipinski definition) is 5. The van der Waals surface area contributed by atoms with Crippen LogP contribution in [0, 0.1) is 11.8 Å². The number of amides is 2. The molecule has 0 saturated carbocycles. The van der Waals surface area contributed by atoms with Crippen LogP contribution in [0.25, 0.3) is 0 Å². The second kappa shape index (κ2) is 7.23. The highest BCUT2D eigenvalue weighted by molar-refractivity contribution is 6.01. The second-order valence-corrected chi connectivity index (χ2v) is 6.55. The van der Waals surface area contributed by atoms with Crippen LogP contribution in [0.5, 0.6) is 11.5 Å². The number of carbonyl (C=O) groups is 3. The molecule has 1 N–H and O–H groups in total. The number of hydrogen-bond donors (Lipinski definition) is 1. The van der Waals surface area contributed by atoms with Gasteiger partial charge in [-0.2, -0.15) is 0 Å². The van der Waals surface area contributed by atoms with E-state index >= 15 is 0 Å². The van der Waals surface area contributed by atoms with Crippen LogP contribution in [0.15, 0.2) is 18.2 Å². The predicted octanol–water partition coefficient (Wildman–Crippen LogP) is 0.990. The highest BCUT2D eigenvalue weighted by Crippen LogP contribution is 2.36. The van der Waals surface area contributed by atoms with E-state index in [2.05, 4.69) is 0 Å². The van der Waals surface area contributed by atoms with Gasteiger partial charge in [-0.3, -0.25) is 14.4 Å². The maximum absolute atomic E-state index is 12.7. The van der Waals surface area contributed by atoms with Crippen LogP contribution < -0.4 is 14.4 Å². The minimum Gasteiger partial charge on any atom is -0.497 e. The summed E-state index contributed by atoms with van der Waals surface area (Å²) in [7, 11) is 3.06. The number of aliphatic carboxylic acids is 1. The molecule has 2 amide bonds. The van der Waals surface area contributed by atoms with Gasteiger partial charge in [-0.05, 0) is 18.6 Å². The Balaban J connectivity index is 1.73. The van der Waals surface area contributed by atoms with E-state index < -0.39 is 17.8 Å². The second-order valence-electron chi connectivity index (χ2n) is 6.55. The number of carboxylic acids is 1. The zero-order valence-electron chi connectivity index (χ0n) is 14.8. The minimum absolute atomic E-state index is 0.113. The Hall–Kier alpha value is -2.77. The number of rotatable bonds is 5. The monoisotopic (exact) mass is 362 g/mol. The van der Waals surface area contributed by atoms with Gasteiger partial charge in [0, 0.05) is 32.1 Å². The third-order valence-electron chi connectivity index (χ3n) is 5.00. The van der Waals surface area contributed by atoms with Crippen LogP contribution in [-0.2, 0) is 14.4 Å². The molecule has 2 aliphatic heterocycles. The number of benzene rings is 1. The van der Waals surface area contributed by atoms with E-state index in [0.717, 1.165) is 0 Å². The molecule has 2 atom stereocenters. The highest BCUT2D eigenvalue weighted by atomic mass is 16.5. The van der Waals surface area contributed by atoms with Crippen molar-refractivity contribution in [1.82, 2.24) is 4.90 Å². The Morgan fingerprint density at radius 2 is 1.92 bits per heavy atom. The molecule has 26 heavy (non-hydrogen) atoms. The molecule has 2 heterocycles. The van der Waals surface area contributed by atoms with E-state index in [1.165, 1.54) is 7.11 Å². The minimum atomic E-state index is -0.882. The summed E-state index contributed by atoms with van der Waals surface area (Å²) in [6.07, 6.45) is 0.569. The molecule has 8 nitrogen and oxygen atoms in total. The molecule has 0 spiro atoms. The molecule has 0 bridgehead atoms. The van der Waals surface area contributed by atoms with Crippen LogP contribution in [0.1, 0.15) is 12.8 Å². The van der Waals surface area contributed by atoms with Gasteiger partial charge in [-0.25, -0.2) is 0 Å². The van der Waals surface area contributed by atoms with Gasteiger partial charge in [-0.1, -0.05) is 0 Å². The molecule has 8 heteroatoms. The summed E-state index contributed by atoms with van der Waals surface area (Å²) < 4.78 is 10.5. The maximum Gasteiger partial charge on any atom is 0.308 e. The molecule has 0 radical (unpaired) electrons. The molecule has 1 aromatic carbocycles. The van der Waals surface area contributed by atoms with E-state index in [1.807, 2.05) is 0 Å². The summed E-state index contributed by atoms with van der Waals surface area (Å²) in [5, 5.41) is 9.09. The molecule has 3 rings (SSSR count). The van der Waals surface area contributed by atoms with Crippen molar-refractivity contribution in [2.24, 2.45) is 11.8 Å². The summed E-state index contributed by atoms with van der Waals surface area (Å²) in [6.45, 7) is 0.894. The molecule has 2 fully saturated rings. The van der Waals surface area contributed by atoms with Gasteiger partial charge in [0.25, 0.3) is 0 Å². The van der Waals surface area contributed by atoms with Crippen molar-refractivity contribution in [2.45, 2.75) is 12.8 Å². The van der Waals surface area contributed by atoms with E-state index in [9.17, 15) is 14.4 Å². The van der Waals surface area contributed by atoms with E-state index in [-0.39, 0.29) is 31.3 Å². The van der Waals surface area contributed by atoms with Crippen LogP contribution in [0.2, 0.25) is 0 Å².